The first kappa shape index (κ1) is 22.1. The number of hydrogen-bond donors (Lipinski definition) is 0. The highest BCUT2D eigenvalue weighted by molar-refractivity contribution is 5.75. The third-order valence-corrected chi connectivity index (χ3v) is 5.36. The molecule has 0 N–H and O–H groups in total. The van der Waals surface area contributed by atoms with E-state index in [1.54, 1.807) is 31.9 Å². The maximum atomic E-state index is 12.6. The number of hydrogen-bond acceptors (Lipinski definition) is 4. The molecule has 0 saturated carbocycles. The number of aromatic nitrogens is 4. The third-order valence-electron chi connectivity index (χ3n) is 5.36. The number of fused-ring (bicyclic) bond motifs is 1. The van der Waals surface area contributed by atoms with Crippen LogP contribution in [0.5, 0.6) is 0 Å². The van der Waals surface area contributed by atoms with Crippen molar-refractivity contribution in [2.45, 2.75) is 84.1 Å². The molecule has 0 saturated heterocycles. The predicted molar refractivity (Wildman–Crippen MR) is 112 cm³/mol. The van der Waals surface area contributed by atoms with Crippen molar-refractivity contribution in [3.05, 3.63) is 27.2 Å². The van der Waals surface area contributed by atoms with Crippen LogP contribution in [0.25, 0.3) is 11.2 Å². The minimum absolute atomic E-state index is 0.247. The van der Waals surface area contributed by atoms with Crippen LogP contribution in [-0.4, -0.2) is 24.5 Å². The third kappa shape index (κ3) is 5.91. The number of carbonyl (C=O) groups is 1. The van der Waals surface area contributed by atoms with Gasteiger partial charge in [-0.15, -0.1) is 0 Å². The van der Waals surface area contributed by atoms with Crippen LogP contribution in [0.2, 0.25) is 0 Å². The van der Waals surface area contributed by atoms with Gasteiger partial charge in [0.25, 0.3) is 5.56 Å². The van der Waals surface area contributed by atoms with E-state index < -0.39 is 0 Å². The SMILES string of the molecule is CC(=O)CCCCCCCCCCCCn1c(=O)c2c(ncn2C)n(C)c1=O. The minimum atomic E-state index is -0.291. The first-order valence-corrected chi connectivity index (χ1v) is 10.5. The van der Waals surface area contributed by atoms with E-state index in [0.29, 0.717) is 23.5 Å². The lowest BCUT2D eigenvalue weighted by atomic mass is 10.1. The molecular weight excluding hydrogens is 356 g/mol. The number of rotatable bonds is 13. The van der Waals surface area contributed by atoms with Gasteiger partial charge in [0.1, 0.15) is 5.78 Å². The second kappa shape index (κ2) is 11.0. The molecule has 2 heterocycles. The standard InChI is InChI=1S/C21H34N4O3/c1-17(26)14-12-10-8-6-4-5-7-9-11-13-15-25-20(27)18-19(22-16-23(18)2)24(3)21(25)28/h16H,4-15H2,1-3H3. The van der Waals surface area contributed by atoms with Crippen molar-refractivity contribution in [1.29, 1.82) is 0 Å². The van der Waals surface area contributed by atoms with Crippen LogP contribution in [0, 0.1) is 0 Å². The van der Waals surface area contributed by atoms with E-state index in [9.17, 15) is 14.4 Å². The van der Waals surface area contributed by atoms with E-state index in [0.717, 1.165) is 38.5 Å². The Bertz CT molecular complexity index is 891. The normalized spacial score (nSPS) is 11.4. The molecule has 0 amide bonds. The summed E-state index contributed by atoms with van der Waals surface area (Å²) in [5, 5.41) is 0. The summed E-state index contributed by atoms with van der Waals surface area (Å²) in [6.45, 7) is 2.12. The lowest BCUT2D eigenvalue weighted by Crippen LogP contribution is -2.39. The summed E-state index contributed by atoms with van der Waals surface area (Å²) in [4.78, 5) is 40.0. The van der Waals surface area contributed by atoms with Crippen molar-refractivity contribution >= 4 is 16.9 Å². The number of unbranched alkanes of at least 4 members (excludes halogenated alkanes) is 9. The van der Waals surface area contributed by atoms with Crippen LogP contribution in [-0.2, 0) is 25.4 Å². The second-order valence-electron chi connectivity index (χ2n) is 7.81. The highest BCUT2D eigenvalue weighted by atomic mass is 16.2. The number of nitrogens with zero attached hydrogens (tertiary/aromatic N) is 4. The van der Waals surface area contributed by atoms with E-state index >= 15 is 0 Å². The molecule has 0 unspecified atom stereocenters. The Balaban J connectivity index is 1.65. The summed E-state index contributed by atoms with van der Waals surface area (Å²) in [5.74, 6) is 0.292. The van der Waals surface area contributed by atoms with E-state index in [1.165, 1.54) is 41.2 Å². The van der Waals surface area contributed by atoms with E-state index in [4.69, 9.17) is 0 Å². The van der Waals surface area contributed by atoms with Gasteiger partial charge in [-0.25, -0.2) is 9.78 Å². The maximum absolute atomic E-state index is 12.6. The van der Waals surface area contributed by atoms with Gasteiger partial charge in [-0.2, -0.15) is 0 Å². The molecule has 0 spiro atoms. The van der Waals surface area contributed by atoms with Crippen LogP contribution in [0.15, 0.2) is 15.9 Å². The Kier molecular flexibility index (Phi) is 8.67. The van der Waals surface area contributed by atoms with Gasteiger partial charge in [0.2, 0.25) is 0 Å². The highest BCUT2D eigenvalue weighted by Gasteiger charge is 2.14. The fourth-order valence-corrected chi connectivity index (χ4v) is 3.65. The first-order chi connectivity index (χ1) is 13.4. The molecule has 0 aliphatic carbocycles. The molecule has 156 valence electrons. The van der Waals surface area contributed by atoms with Crippen molar-refractivity contribution < 1.29 is 4.79 Å². The summed E-state index contributed by atoms with van der Waals surface area (Å²) >= 11 is 0. The average Bonchev–Trinajstić information content (AvgIpc) is 3.04. The molecule has 28 heavy (non-hydrogen) atoms. The first-order valence-electron chi connectivity index (χ1n) is 10.5. The van der Waals surface area contributed by atoms with Crippen molar-refractivity contribution in [2.24, 2.45) is 14.1 Å². The summed E-state index contributed by atoms with van der Waals surface area (Å²) in [5.41, 5.74) is 0.379. The van der Waals surface area contributed by atoms with Gasteiger partial charge >= 0.3 is 5.69 Å². The van der Waals surface area contributed by atoms with Crippen LogP contribution in [0.3, 0.4) is 0 Å². The molecule has 0 fully saturated rings. The predicted octanol–water partition coefficient (Wildman–Crippen LogP) is 3.31. The molecule has 0 atom stereocenters. The summed E-state index contributed by atoms with van der Waals surface area (Å²) in [7, 11) is 3.43. The van der Waals surface area contributed by atoms with Crippen molar-refractivity contribution in [3.63, 3.8) is 0 Å². The summed E-state index contributed by atoms with van der Waals surface area (Å²) in [6.07, 6.45) is 13.6. The topological polar surface area (TPSA) is 78.9 Å². The van der Waals surface area contributed by atoms with Gasteiger partial charge < -0.3 is 9.36 Å². The fraction of sp³-hybridized carbons (Fsp3) is 0.714. The average molecular weight is 391 g/mol. The van der Waals surface area contributed by atoms with Gasteiger partial charge in [0.15, 0.2) is 11.2 Å². The molecule has 2 aromatic heterocycles. The monoisotopic (exact) mass is 390 g/mol. The van der Waals surface area contributed by atoms with Crippen LogP contribution in [0.4, 0.5) is 0 Å². The zero-order valence-electron chi connectivity index (χ0n) is 17.6. The number of carbonyl (C=O) groups excluding carboxylic acids is 1. The zero-order valence-corrected chi connectivity index (χ0v) is 17.6. The Morgan fingerprint density at radius 2 is 1.43 bits per heavy atom. The van der Waals surface area contributed by atoms with Gasteiger partial charge in [-0.1, -0.05) is 51.4 Å². The minimum Gasteiger partial charge on any atom is -0.328 e. The summed E-state index contributed by atoms with van der Waals surface area (Å²) in [6, 6.07) is 0. The van der Waals surface area contributed by atoms with Crippen molar-refractivity contribution in [3.8, 4) is 0 Å². The zero-order chi connectivity index (χ0) is 20.5. The van der Waals surface area contributed by atoms with E-state index in [-0.39, 0.29) is 11.2 Å². The molecule has 2 rings (SSSR count). The molecular formula is C21H34N4O3. The van der Waals surface area contributed by atoms with Gasteiger partial charge in [0, 0.05) is 27.1 Å². The van der Waals surface area contributed by atoms with Crippen LogP contribution in [0.1, 0.15) is 77.6 Å². The molecule has 0 aliphatic heterocycles. The smallest absolute Gasteiger partial charge is 0.328 e. The molecule has 7 heteroatoms. The molecule has 2 aromatic rings. The quantitative estimate of drug-likeness (QED) is 0.492. The Morgan fingerprint density at radius 3 is 2.00 bits per heavy atom. The second-order valence-corrected chi connectivity index (χ2v) is 7.81. The lowest BCUT2D eigenvalue weighted by molar-refractivity contribution is -0.117. The summed E-state index contributed by atoms with van der Waals surface area (Å²) < 4.78 is 4.46. The van der Waals surface area contributed by atoms with E-state index in [2.05, 4.69) is 4.98 Å². The van der Waals surface area contributed by atoms with Gasteiger partial charge in [-0.3, -0.25) is 13.9 Å². The number of imidazole rings is 1. The molecule has 0 radical (unpaired) electrons. The Morgan fingerprint density at radius 1 is 0.893 bits per heavy atom. The Labute approximate surface area is 166 Å². The number of Topliss-reactive ketones (excluding diaryl/α,β-unsaturated/α-hetero) is 1. The molecule has 0 aromatic carbocycles. The largest absolute Gasteiger partial charge is 0.332 e. The molecule has 7 nitrogen and oxygen atoms in total. The van der Waals surface area contributed by atoms with Crippen LogP contribution >= 0.6 is 0 Å². The number of ketones is 1. The van der Waals surface area contributed by atoms with Crippen molar-refractivity contribution in [2.75, 3.05) is 0 Å². The Hall–Kier alpha value is -2.18. The molecule has 0 bridgehead atoms. The van der Waals surface area contributed by atoms with Crippen LogP contribution < -0.4 is 11.2 Å². The fourth-order valence-electron chi connectivity index (χ4n) is 3.65. The molecule has 0 aliphatic rings. The lowest BCUT2D eigenvalue weighted by Gasteiger charge is -2.08. The highest BCUT2D eigenvalue weighted by Crippen LogP contribution is 2.12. The van der Waals surface area contributed by atoms with Gasteiger partial charge in [-0.05, 0) is 19.8 Å². The van der Waals surface area contributed by atoms with Crippen molar-refractivity contribution in [1.82, 2.24) is 18.7 Å². The van der Waals surface area contributed by atoms with Gasteiger partial charge in [0.05, 0.1) is 6.33 Å². The maximum Gasteiger partial charge on any atom is 0.332 e. The number of aryl methyl sites for hydroxylation is 2. The van der Waals surface area contributed by atoms with E-state index in [1.807, 2.05) is 0 Å².